The molecule has 1 saturated heterocycles. The van der Waals surface area contributed by atoms with E-state index in [2.05, 4.69) is 5.32 Å². The number of rotatable bonds is 1. The molecule has 3 N–H and O–H groups in total. The van der Waals surface area contributed by atoms with Gasteiger partial charge in [0, 0.05) is 6.54 Å². The van der Waals surface area contributed by atoms with Crippen molar-refractivity contribution in [3.63, 3.8) is 0 Å². The number of ether oxygens (including phenoxy) is 1. The Balaban J connectivity index is 2.51. The Labute approximate surface area is 106 Å². The van der Waals surface area contributed by atoms with Crippen molar-refractivity contribution in [1.82, 2.24) is 10.2 Å². The highest BCUT2D eigenvalue weighted by Crippen LogP contribution is 2.12. The largest absolute Gasteiger partial charge is 0.465 e. The lowest BCUT2D eigenvalue weighted by atomic mass is 10.0. The van der Waals surface area contributed by atoms with Crippen molar-refractivity contribution in [1.29, 1.82) is 0 Å². The Morgan fingerprint density at radius 1 is 1.33 bits per heavy atom. The molecule has 2 unspecified atom stereocenters. The molecule has 0 aromatic rings. The number of alkyl carbamates (subject to hydrolysis) is 1. The van der Waals surface area contributed by atoms with Crippen LogP contribution in [0.4, 0.5) is 9.59 Å². The molecule has 7 heteroatoms. The zero-order chi connectivity index (χ0) is 13.9. The highest BCUT2D eigenvalue weighted by atomic mass is 16.6. The molecule has 0 radical (unpaired) electrons. The molecule has 1 aliphatic heterocycles. The van der Waals surface area contributed by atoms with Gasteiger partial charge >= 0.3 is 12.2 Å². The van der Waals surface area contributed by atoms with Crippen LogP contribution in [0.25, 0.3) is 0 Å². The standard InChI is InChI=1S/C11H20N2O5/c1-11(2,3)18-9(15)12-7-4-8(14)6-13(5-7)10(16)17/h7-8,14H,4-6H2,1-3H3,(H,12,15)(H,16,17). The SMILES string of the molecule is CC(C)(C)OC(=O)NC1CC(O)CN(C(=O)O)C1. The maximum Gasteiger partial charge on any atom is 0.407 e. The topological polar surface area (TPSA) is 99.1 Å². The van der Waals surface area contributed by atoms with Gasteiger partial charge in [0.15, 0.2) is 0 Å². The van der Waals surface area contributed by atoms with Crippen LogP contribution >= 0.6 is 0 Å². The van der Waals surface area contributed by atoms with Gasteiger partial charge in [-0.1, -0.05) is 0 Å². The van der Waals surface area contributed by atoms with Crippen LogP contribution in [0.15, 0.2) is 0 Å². The van der Waals surface area contributed by atoms with E-state index in [0.29, 0.717) is 6.42 Å². The maximum absolute atomic E-state index is 11.5. The summed E-state index contributed by atoms with van der Waals surface area (Å²) < 4.78 is 5.07. The van der Waals surface area contributed by atoms with Crippen LogP contribution in [0.2, 0.25) is 0 Å². The summed E-state index contributed by atoms with van der Waals surface area (Å²) in [5, 5.41) is 21.0. The number of aliphatic hydroxyl groups is 1. The maximum atomic E-state index is 11.5. The van der Waals surface area contributed by atoms with Crippen LogP contribution in [0, 0.1) is 0 Å². The van der Waals surface area contributed by atoms with Crippen molar-refractivity contribution in [2.24, 2.45) is 0 Å². The van der Waals surface area contributed by atoms with E-state index in [0.717, 1.165) is 4.90 Å². The first-order chi connectivity index (χ1) is 8.17. The fraction of sp³-hybridized carbons (Fsp3) is 0.818. The van der Waals surface area contributed by atoms with Gasteiger partial charge in [0.1, 0.15) is 5.60 Å². The quantitative estimate of drug-likeness (QED) is 0.642. The van der Waals surface area contributed by atoms with E-state index in [9.17, 15) is 14.7 Å². The number of nitrogens with one attached hydrogen (secondary N) is 1. The van der Waals surface area contributed by atoms with Crippen LogP contribution in [0.5, 0.6) is 0 Å². The average molecular weight is 260 g/mol. The van der Waals surface area contributed by atoms with Crippen LogP contribution in [-0.2, 0) is 4.74 Å². The van der Waals surface area contributed by atoms with Crippen molar-refractivity contribution in [3.05, 3.63) is 0 Å². The Morgan fingerprint density at radius 3 is 2.44 bits per heavy atom. The van der Waals surface area contributed by atoms with Crippen LogP contribution in [0.3, 0.4) is 0 Å². The highest BCUT2D eigenvalue weighted by molar-refractivity contribution is 5.69. The Hall–Kier alpha value is -1.50. The third-order valence-corrected chi connectivity index (χ3v) is 2.42. The molecular weight excluding hydrogens is 240 g/mol. The summed E-state index contributed by atoms with van der Waals surface area (Å²) in [7, 11) is 0. The van der Waals surface area contributed by atoms with E-state index in [4.69, 9.17) is 9.84 Å². The molecule has 0 aliphatic carbocycles. The molecule has 1 fully saturated rings. The minimum absolute atomic E-state index is 0.0713. The molecule has 104 valence electrons. The van der Waals surface area contributed by atoms with Gasteiger partial charge < -0.3 is 25.2 Å². The van der Waals surface area contributed by atoms with E-state index in [-0.39, 0.29) is 13.1 Å². The number of piperidine rings is 1. The first-order valence-electron chi connectivity index (χ1n) is 5.83. The number of carbonyl (C=O) groups excluding carboxylic acids is 1. The number of amides is 2. The predicted molar refractivity (Wildman–Crippen MR) is 63.4 cm³/mol. The second-order valence-electron chi connectivity index (χ2n) is 5.42. The predicted octanol–water partition coefficient (Wildman–Crippen LogP) is 0.624. The molecule has 0 aromatic heterocycles. The van der Waals surface area contributed by atoms with Crippen LogP contribution in [-0.4, -0.2) is 58.1 Å². The summed E-state index contributed by atoms with van der Waals surface area (Å²) >= 11 is 0. The molecule has 2 atom stereocenters. The molecule has 0 saturated carbocycles. The number of aliphatic hydroxyl groups excluding tert-OH is 1. The molecule has 0 spiro atoms. The molecule has 1 heterocycles. The number of carbonyl (C=O) groups is 2. The smallest absolute Gasteiger partial charge is 0.407 e. The minimum atomic E-state index is -1.11. The van der Waals surface area contributed by atoms with E-state index >= 15 is 0 Å². The van der Waals surface area contributed by atoms with Crippen molar-refractivity contribution < 1.29 is 24.5 Å². The first-order valence-corrected chi connectivity index (χ1v) is 5.83. The number of β-amino-alcohol motifs (C(OH)–C–C–N with tert-alkyl or cyclic N) is 1. The van der Waals surface area contributed by atoms with E-state index in [1.165, 1.54) is 0 Å². The number of hydrogen-bond donors (Lipinski definition) is 3. The number of hydrogen-bond acceptors (Lipinski definition) is 4. The molecule has 0 bridgehead atoms. The lowest BCUT2D eigenvalue weighted by molar-refractivity contribution is 0.0316. The lowest BCUT2D eigenvalue weighted by Gasteiger charge is -2.34. The summed E-state index contributed by atoms with van der Waals surface area (Å²) in [5.41, 5.74) is -0.607. The minimum Gasteiger partial charge on any atom is -0.465 e. The van der Waals surface area contributed by atoms with E-state index in [1.807, 2.05) is 0 Å². The summed E-state index contributed by atoms with van der Waals surface area (Å²) in [4.78, 5) is 23.4. The van der Waals surface area contributed by atoms with Gasteiger partial charge in [-0.05, 0) is 27.2 Å². The Bertz CT molecular complexity index is 326. The summed E-state index contributed by atoms with van der Waals surface area (Å²) in [6.45, 7) is 5.46. The second kappa shape index (κ2) is 5.43. The van der Waals surface area contributed by atoms with Gasteiger partial charge in [0.2, 0.25) is 0 Å². The lowest BCUT2D eigenvalue weighted by Crippen LogP contribution is -2.54. The third kappa shape index (κ3) is 4.79. The van der Waals surface area contributed by atoms with Crippen molar-refractivity contribution in [3.8, 4) is 0 Å². The zero-order valence-electron chi connectivity index (χ0n) is 10.8. The normalized spacial score (nSPS) is 24.6. The van der Waals surface area contributed by atoms with Gasteiger partial charge in [-0.2, -0.15) is 0 Å². The molecule has 1 aliphatic rings. The van der Waals surface area contributed by atoms with Crippen LogP contribution < -0.4 is 5.32 Å². The van der Waals surface area contributed by atoms with Crippen molar-refractivity contribution in [2.75, 3.05) is 13.1 Å². The second-order valence-corrected chi connectivity index (χ2v) is 5.42. The summed E-state index contributed by atoms with van der Waals surface area (Å²) in [6.07, 6.45) is -2.16. The highest BCUT2D eigenvalue weighted by Gasteiger charge is 2.30. The van der Waals surface area contributed by atoms with Gasteiger partial charge in [-0.15, -0.1) is 0 Å². The molecular formula is C11H20N2O5. The van der Waals surface area contributed by atoms with E-state index < -0.39 is 29.9 Å². The monoisotopic (exact) mass is 260 g/mol. The molecule has 0 aromatic carbocycles. The van der Waals surface area contributed by atoms with Gasteiger partial charge in [0.05, 0.1) is 18.7 Å². The van der Waals surface area contributed by atoms with Crippen molar-refractivity contribution in [2.45, 2.75) is 44.9 Å². The van der Waals surface area contributed by atoms with Gasteiger partial charge in [-0.25, -0.2) is 9.59 Å². The fourth-order valence-electron chi connectivity index (χ4n) is 1.81. The number of nitrogens with zero attached hydrogens (tertiary/aromatic N) is 1. The number of carboxylic acid groups (broad SMARTS) is 1. The average Bonchev–Trinajstić information content (AvgIpc) is 2.12. The summed E-state index contributed by atoms with van der Waals surface area (Å²) in [6, 6.07) is -0.431. The summed E-state index contributed by atoms with van der Waals surface area (Å²) in [5.74, 6) is 0. The van der Waals surface area contributed by atoms with Gasteiger partial charge in [-0.3, -0.25) is 0 Å². The van der Waals surface area contributed by atoms with Crippen molar-refractivity contribution >= 4 is 12.2 Å². The van der Waals surface area contributed by atoms with Gasteiger partial charge in [0.25, 0.3) is 0 Å². The Kier molecular flexibility index (Phi) is 4.39. The molecule has 1 rings (SSSR count). The molecule has 2 amide bonds. The van der Waals surface area contributed by atoms with Crippen LogP contribution in [0.1, 0.15) is 27.2 Å². The zero-order valence-corrected chi connectivity index (χ0v) is 10.8. The number of likely N-dealkylation sites (tertiary alicyclic amines) is 1. The Morgan fingerprint density at radius 2 is 1.94 bits per heavy atom. The molecule has 18 heavy (non-hydrogen) atoms. The third-order valence-electron chi connectivity index (χ3n) is 2.42. The first kappa shape index (κ1) is 14.6. The molecule has 7 nitrogen and oxygen atoms in total. The van der Waals surface area contributed by atoms with E-state index in [1.54, 1.807) is 20.8 Å². The fourth-order valence-corrected chi connectivity index (χ4v) is 1.81.